The van der Waals surface area contributed by atoms with Crippen molar-refractivity contribution in [2.45, 2.75) is 58.4 Å². The second kappa shape index (κ2) is 5.85. The summed E-state index contributed by atoms with van der Waals surface area (Å²) in [5, 5.41) is 0. The molecule has 0 saturated heterocycles. The van der Waals surface area contributed by atoms with Crippen LogP contribution in [0.2, 0.25) is 0 Å². The van der Waals surface area contributed by atoms with Gasteiger partial charge in [-0.2, -0.15) is 0 Å². The van der Waals surface area contributed by atoms with Gasteiger partial charge in [-0.15, -0.1) is 0 Å². The lowest BCUT2D eigenvalue weighted by Gasteiger charge is -2.37. The van der Waals surface area contributed by atoms with Crippen LogP contribution >= 0.6 is 0 Å². The average Bonchev–Trinajstić information content (AvgIpc) is 2.88. The maximum absolute atomic E-state index is 5.86. The highest BCUT2D eigenvalue weighted by Crippen LogP contribution is 2.44. The van der Waals surface area contributed by atoms with Gasteiger partial charge in [0.1, 0.15) is 0 Å². The van der Waals surface area contributed by atoms with Crippen molar-refractivity contribution < 1.29 is 0 Å². The molecule has 1 fully saturated rings. The summed E-state index contributed by atoms with van der Waals surface area (Å²) >= 11 is 0. The van der Waals surface area contributed by atoms with Crippen molar-refractivity contribution in [3.05, 3.63) is 35.4 Å². The lowest BCUT2D eigenvalue weighted by Crippen LogP contribution is -2.48. The van der Waals surface area contributed by atoms with E-state index >= 15 is 0 Å². The van der Waals surface area contributed by atoms with Crippen molar-refractivity contribution in [1.29, 1.82) is 0 Å². The Morgan fingerprint density at radius 2 is 1.94 bits per heavy atom. The van der Waals surface area contributed by atoms with Crippen LogP contribution in [0.4, 0.5) is 0 Å². The molecule has 18 heavy (non-hydrogen) atoms. The molecule has 0 aromatic heterocycles. The maximum Gasteiger partial charge on any atom is 0.0307 e. The van der Waals surface area contributed by atoms with E-state index < -0.39 is 0 Å². The Balaban J connectivity index is 2.16. The van der Waals surface area contributed by atoms with Gasteiger partial charge in [0, 0.05) is 6.04 Å². The fraction of sp³-hybridized carbons (Fsp3) is 0.625. The van der Waals surface area contributed by atoms with E-state index in [1.807, 2.05) is 0 Å². The summed E-state index contributed by atoms with van der Waals surface area (Å²) in [6.45, 7) is 4.50. The molecule has 0 radical (unpaired) electrons. The Kier molecular flexibility index (Phi) is 4.41. The van der Waals surface area contributed by atoms with Gasteiger partial charge in [0.25, 0.3) is 0 Å². The van der Waals surface area contributed by atoms with Crippen LogP contribution in [0.15, 0.2) is 24.3 Å². The van der Waals surface area contributed by atoms with Gasteiger partial charge in [-0.25, -0.2) is 0 Å². The van der Waals surface area contributed by atoms with Gasteiger partial charge in [0.05, 0.1) is 0 Å². The molecular weight excluding hydrogens is 220 g/mol. The van der Waals surface area contributed by atoms with Gasteiger partial charge < -0.3 is 0 Å². The summed E-state index contributed by atoms with van der Waals surface area (Å²) in [5.41, 5.74) is 6.33. The molecule has 0 aliphatic heterocycles. The minimum absolute atomic E-state index is 0.408. The number of aryl methyl sites for hydroxylation is 1. The van der Waals surface area contributed by atoms with Gasteiger partial charge in [0.15, 0.2) is 0 Å². The molecule has 2 heteroatoms. The predicted molar refractivity (Wildman–Crippen MR) is 77.2 cm³/mol. The molecule has 0 amide bonds. The van der Waals surface area contributed by atoms with Crippen LogP contribution in [0.3, 0.4) is 0 Å². The Labute approximate surface area is 111 Å². The third kappa shape index (κ3) is 2.60. The van der Waals surface area contributed by atoms with Crippen molar-refractivity contribution in [3.8, 4) is 0 Å². The molecule has 0 heterocycles. The van der Waals surface area contributed by atoms with Crippen LogP contribution < -0.4 is 11.3 Å². The normalized spacial score (nSPS) is 19.9. The first-order valence-electron chi connectivity index (χ1n) is 7.22. The summed E-state index contributed by atoms with van der Waals surface area (Å²) < 4.78 is 0. The summed E-state index contributed by atoms with van der Waals surface area (Å²) in [4.78, 5) is 0. The maximum atomic E-state index is 5.86. The molecule has 1 atom stereocenters. The molecular formula is C16H26N2. The van der Waals surface area contributed by atoms with Crippen LogP contribution in [0, 0.1) is 12.3 Å². The van der Waals surface area contributed by atoms with Gasteiger partial charge >= 0.3 is 0 Å². The highest BCUT2D eigenvalue weighted by molar-refractivity contribution is 5.27. The predicted octanol–water partition coefficient (Wildman–Crippen LogP) is 3.34. The first-order chi connectivity index (χ1) is 8.72. The fourth-order valence-electron chi connectivity index (χ4n) is 3.54. The van der Waals surface area contributed by atoms with E-state index in [-0.39, 0.29) is 0 Å². The molecule has 0 bridgehead atoms. The van der Waals surface area contributed by atoms with Gasteiger partial charge in [-0.3, -0.25) is 11.3 Å². The first kappa shape index (κ1) is 13.6. The highest BCUT2D eigenvalue weighted by atomic mass is 15.2. The molecule has 100 valence electrons. The zero-order chi connectivity index (χ0) is 13.0. The lowest BCUT2D eigenvalue weighted by atomic mass is 9.74. The molecule has 0 spiro atoms. The third-order valence-corrected chi connectivity index (χ3v) is 4.93. The van der Waals surface area contributed by atoms with Crippen molar-refractivity contribution >= 4 is 0 Å². The summed E-state index contributed by atoms with van der Waals surface area (Å²) in [7, 11) is 0. The van der Waals surface area contributed by atoms with E-state index in [9.17, 15) is 0 Å². The third-order valence-electron chi connectivity index (χ3n) is 4.93. The summed E-state index contributed by atoms with van der Waals surface area (Å²) in [6, 6.07) is 9.07. The molecule has 2 nitrogen and oxygen atoms in total. The smallest absolute Gasteiger partial charge is 0.0307 e. The molecule has 1 aromatic rings. The average molecular weight is 246 g/mol. The SMILES string of the molecule is CCC1(C(Cc2ccccc2C)NN)CCCC1. The lowest BCUT2D eigenvalue weighted by molar-refractivity contribution is 0.185. The number of hydrogen-bond acceptors (Lipinski definition) is 2. The van der Waals surface area contributed by atoms with E-state index in [0.717, 1.165) is 6.42 Å². The van der Waals surface area contributed by atoms with Gasteiger partial charge in [-0.1, -0.05) is 44.0 Å². The van der Waals surface area contributed by atoms with Crippen molar-refractivity contribution in [2.24, 2.45) is 11.3 Å². The number of nitrogens with one attached hydrogen (secondary N) is 1. The Hall–Kier alpha value is -0.860. The number of benzene rings is 1. The van der Waals surface area contributed by atoms with E-state index in [0.29, 0.717) is 11.5 Å². The van der Waals surface area contributed by atoms with Crippen LogP contribution in [-0.2, 0) is 6.42 Å². The fourth-order valence-corrected chi connectivity index (χ4v) is 3.54. The second-order valence-electron chi connectivity index (χ2n) is 5.77. The Bertz CT molecular complexity index is 380. The zero-order valence-corrected chi connectivity index (χ0v) is 11.7. The van der Waals surface area contributed by atoms with Crippen LogP contribution in [0.5, 0.6) is 0 Å². The first-order valence-corrected chi connectivity index (χ1v) is 7.22. The number of nitrogens with two attached hydrogens (primary N) is 1. The number of hydrazine groups is 1. The van der Waals surface area contributed by atoms with E-state index in [1.165, 1.54) is 43.2 Å². The topological polar surface area (TPSA) is 38.0 Å². The number of rotatable bonds is 5. The van der Waals surface area contributed by atoms with Crippen LogP contribution in [-0.4, -0.2) is 6.04 Å². The Morgan fingerprint density at radius 1 is 1.28 bits per heavy atom. The zero-order valence-electron chi connectivity index (χ0n) is 11.7. The summed E-state index contributed by atoms with van der Waals surface area (Å²) in [5.74, 6) is 5.86. The number of hydrogen-bond donors (Lipinski definition) is 2. The minimum atomic E-state index is 0.408. The van der Waals surface area contributed by atoms with Gasteiger partial charge in [-0.05, 0) is 49.1 Å². The van der Waals surface area contributed by atoms with E-state index in [4.69, 9.17) is 5.84 Å². The monoisotopic (exact) mass is 246 g/mol. The minimum Gasteiger partial charge on any atom is -0.271 e. The molecule has 1 unspecified atom stereocenters. The van der Waals surface area contributed by atoms with E-state index in [2.05, 4.69) is 43.5 Å². The molecule has 1 aliphatic carbocycles. The van der Waals surface area contributed by atoms with Gasteiger partial charge in [0.2, 0.25) is 0 Å². The molecule has 1 saturated carbocycles. The summed E-state index contributed by atoms with van der Waals surface area (Å²) in [6.07, 6.45) is 7.65. The molecule has 1 aliphatic rings. The largest absolute Gasteiger partial charge is 0.271 e. The second-order valence-corrected chi connectivity index (χ2v) is 5.77. The standard InChI is InChI=1S/C16H26N2/c1-3-16(10-6-7-11-16)15(18-17)12-14-9-5-4-8-13(14)2/h4-5,8-9,15,18H,3,6-7,10-12,17H2,1-2H3. The molecule has 2 rings (SSSR count). The highest BCUT2D eigenvalue weighted by Gasteiger charge is 2.39. The molecule has 3 N–H and O–H groups in total. The molecule has 1 aromatic carbocycles. The van der Waals surface area contributed by atoms with Crippen molar-refractivity contribution in [3.63, 3.8) is 0 Å². The van der Waals surface area contributed by atoms with E-state index in [1.54, 1.807) is 0 Å². The van der Waals surface area contributed by atoms with Crippen LogP contribution in [0.1, 0.15) is 50.2 Å². The Morgan fingerprint density at radius 3 is 2.50 bits per heavy atom. The van der Waals surface area contributed by atoms with Crippen molar-refractivity contribution in [2.75, 3.05) is 0 Å². The van der Waals surface area contributed by atoms with Crippen molar-refractivity contribution in [1.82, 2.24) is 5.43 Å². The van der Waals surface area contributed by atoms with Crippen LogP contribution in [0.25, 0.3) is 0 Å². The quantitative estimate of drug-likeness (QED) is 0.617.